The Morgan fingerprint density at radius 2 is 1.16 bits per heavy atom. The molecule has 2 heterocycles. The number of aromatic nitrogens is 1. The van der Waals surface area contributed by atoms with Crippen LogP contribution in [0.2, 0.25) is 0 Å². The lowest BCUT2D eigenvalue weighted by atomic mass is 9.76. The Kier molecular flexibility index (Phi) is 9.29. The van der Waals surface area contributed by atoms with Crippen LogP contribution in [0.1, 0.15) is 85.9 Å². The molecule has 0 unspecified atom stereocenters. The molecule has 0 saturated carbocycles. The van der Waals surface area contributed by atoms with E-state index in [0.29, 0.717) is 5.56 Å². The third-order valence-corrected chi connectivity index (χ3v) is 10.4. The van der Waals surface area contributed by atoms with Crippen LogP contribution in [0.25, 0.3) is 44.8 Å². The number of hydrogen-bond donors (Lipinski definition) is 0. The van der Waals surface area contributed by atoms with Crippen molar-refractivity contribution in [3.05, 3.63) is 114 Å². The third kappa shape index (κ3) is 7.11. The van der Waals surface area contributed by atoms with E-state index >= 15 is 0 Å². The van der Waals surface area contributed by atoms with Crippen LogP contribution in [0.3, 0.4) is 0 Å². The standard InChI is InChI=1S/C45H49BN2O3/c1-42(2,3)32-22-30(23-33(26-32)43(4,5)6)31-24-39(37-18-14-15-19-41(37)49-11)48-40(25-31)38-27-34(46-50-44(7,8)45(9,10)51-46)20-21-36(38)35-17-13-12-16-29(35)28-47/h12-27H,1-11H3. The van der Waals surface area contributed by atoms with E-state index in [1.807, 2.05) is 54.6 Å². The quantitative estimate of drug-likeness (QED) is 0.168. The minimum atomic E-state index is -0.566. The number of ether oxygens (including phenoxy) is 1. The van der Waals surface area contributed by atoms with Crippen LogP contribution < -0.4 is 10.2 Å². The maximum atomic E-state index is 10.2. The second-order valence-electron chi connectivity index (χ2n) is 16.7. The highest BCUT2D eigenvalue weighted by molar-refractivity contribution is 6.62. The molecule has 6 rings (SSSR count). The molecule has 51 heavy (non-hydrogen) atoms. The first kappa shape index (κ1) is 36.1. The van der Waals surface area contributed by atoms with Crippen molar-refractivity contribution < 1.29 is 14.0 Å². The van der Waals surface area contributed by atoms with E-state index in [1.165, 1.54) is 11.1 Å². The van der Waals surface area contributed by atoms with Crippen LogP contribution in [0.4, 0.5) is 0 Å². The Hall–Kier alpha value is -4.70. The molecule has 6 heteroatoms. The van der Waals surface area contributed by atoms with Crippen molar-refractivity contribution in [1.29, 1.82) is 5.26 Å². The van der Waals surface area contributed by atoms with E-state index in [0.717, 1.165) is 56.0 Å². The Bertz CT molecular complexity index is 2100. The van der Waals surface area contributed by atoms with Crippen molar-refractivity contribution in [2.75, 3.05) is 7.11 Å². The highest BCUT2D eigenvalue weighted by Crippen LogP contribution is 2.41. The summed E-state index contributed by atoms with van der Waals surface area (Å²) in [6, 6.07) is 35.7. The SMILES string of the molecule is COc1ccccc1-c1cc(-c2cc(C(C)(C)C)cc(C(C)(C)C)c2)cc(-c2cc(B3OC(C)(C)C(C)(C)O3)ccc2-c2ccccc2C#N)n1. The number of pyridine rings is 1. The summed E-state index contributed by atoms with van der Waals surface area (Å²) in [5, 5.41) is 10.2. The van der Waals surface area contributed by atoms with Gasteiger partial charge in [-0.25, -0.2) is 4.98 Å². The molecule has 0 atom stereocenters. The molecule has 0 spiro atoms. The Labute approximate surface area is 304 Å². The Morgan fingerprint density at radius 3 is 1.73 bits per heavy atom. The van der Waals surface area contributed by atoms with Gasteiger partial charge in [0.25, 0.3) is 0 Å². The van der Waals surface area contributed by atoms with Gasteiger partial charge in [0.2, 0.25) is 0 Å². The van der Waals surface area contributed by atoms with Gasteiger partial charge in [-0.2, -0.15) is 5.26 Å². The number of methoxy groups -OCH3 is 1. The second kappa shape index (κ2) is 13.1. The average molecular weight is 677 g/mol. The molecule has 4 aromatic carbocycles. The lowest BCUT2D eigenvalue weighted by Gasteiger charge is -2.32. The zero-order valence-electron chi connectivity index (χ0n) is 31.9. The lowest BCUT2D eigenvalue weighted by molar-refractivity contribution is 0.00578. The summed E-state index contributed by atoms with van der Waals surface area (Å²) in [5.74, 6) is 0.743. The molecule has 0 N–H and O–H groups in total. The monoisotopic (exact) mass is 676 g/mol. The van der Waals surface area contributed by atoms with Gasteiger partial charge in [-0.15, -0.1) is 0 Å². The molecule has 0 radical (unpaired) electrons. The molecule has 260 valence electrons. The predicted molar refractivity (Wildman–Crippen MR) is 210 cm³/mol. The van der Waals surface area contributed by atoms with Gasteiger partial charge in [-0.3, -0.25) is 0 Å². The number of nitrogens with zero attached hydrogens (tertiary/aromatic N) is 2. The van der Waals surface area contributed by atoms with Crippen LogP contribution in [0, 0.1) is 11.3 Å². The molecule has 0 amide bonds. The minimum Gasteiger partial charge on any atom is -0.496 e. The summed E-state index contributed by atoms with van der Waals surface area (Å²) >= 11 is 0. The Balaban J connectivity index is 1.67. The van der Waals surface area contributed by atoms with E-state index in [4.69, 9.17) is 19.0 Å². The van der Waals surface area contributed by atoms with E-state index < -0.39 is 18.3 Å². The fourth-order valence-electron chi connectivity index (χ4n) is 6.44. The molecular formula is C45H49BN2O3. The maximum absolute atomic E-state index is 10.2. The van der Waals surface area contributed by atoms with Crippen LogP contribution in [0.15, 0.2) is 97.1 Å². The summed E-state index contributed by atoms with van der Waals surface area (Å²) in [6.45, 7) is 21.8. The molecule has 5 aromatic rings. The van der Waals surface area contributed by atoms with E-state index in [-0.39, 0.29) is 10.8 Å². The fourth-order valence-corrected chi connectivity index (χ4v) is 6.44. The summed E-state index contributed by atoms with van der Waals surface area (Å²) in [4.78, 5) is 5.37. The van der Waals surface area contributed by atoms with Crippen LogP contribution in [-0.4, -0.2) is 30.4 Å². The topological polar surface area (TPSA) is 64.4 Å². The van der Waals surface area contributed by atoms with Crippen molar-refractivity contribution in [3.8, 4) is 56.6 Å². The molecule has 1 saturated heterocycles. The van der Waals surface area contributed by atoms with E-state index in [1.54, 1.807) is 7.11 Å². The number of rotatable bonds is 6. The molecule has 1 aliphatic heterocycles. The first-order valence-electron chi connectivity index (χ1n) is 17.7. The minimum absolute atomic E-state index is 0.0529. The number of hydrogen-bond acceptors (Lipinski definition) is 5. The molecule has 1 fully saturated rings. The Morgan fingerprint density at radius 1 is 0.627 bits per heavy atom. The molecule has 0 bridgehead atoms. The van der Waals surface area contributed by atoms with Crippen molar-refractivity contribution in [1.82, 2.24) is 4.98 Å². The first-order chi connectivity index (χ1) is 23.9. The van der Waals surface area contributed by atoms with E-state index in [9.17, 15) is 5.26 Å². The van der Waals surface area contributed by atoms with Crippen LogP contribution in [0.5, 0.6) is 5.75 Å². The highest BCUT2D eigenvalue weighted by Gasteiger charge is 2.51. The van der Waals surface area contributed by atoms with E-state index in [2.05, 4.69) is 118 Å². The molecule has 0 aliphatic carbocycles. The fraction of sp³-hybridized carbons (Fsp3) is 0.333. The van der Waals surface area contributed by atoms with Crippen LogP contribution in [-0.2, 0) is 20.1 Å². The van der Waals surface area contributed by atoms with Crippen LogP contribution >= 0.6 is 0 Å². The number of para-hydroxylation sites is 1. The van der Waals surface area contributed by atoms with Gasteiger partial charge in [-0.1, -0.05) is 108 Å². The lowest BCUT2D eigenvalue weighted by Crippen LogP contribution is -2.41. The average Bonchev–Trinajstić information content (AvgIpc) is 3.32. The predicted octanol–water partition coefficient (Wildman–Crippen LogP) is 10.5. The normalized spacial score (nSPS) is 15.5. The summed E-state index contributed by atoms with van der Waals surface area (Å²) in [5.41, 5.74) is 10.2. The van der Waals surface area contributed by atoms with Crippen molar-refractivity contribution in [2.45, 2.75) is 91.3 Å². The largest absolute Gasteiger partial charge is 0.496 e. The van der Waals surface area contributed by atoms with Gasteiger partial charge < -0.3 is 14.0 Å². The molecule has 1 aromatic heterocycles. The van der Waals surface area contributed by atoms with Crippen molar-refractivity contribution in [3.63, 3.8) is 0 Å². The summed E-state index contributed by atoms with van der Waals surface area (Å²) in [7, 11) is 1.13. The smallest absolute Gasteiger partial charge is 0.494 e. The molecule has 5 nitrogen and oxygen atoms in total. The molecular weight excluding hydrogens is 627 g/mol. The van der Waals surface area contributed by atoms with Gasteiger partial charge in [0.15, 0.2) is 0 Å². The zero-order chi connectivity index (χ0) is 36.9. The van der Waals surface area contributed by atoms with Gasteiger partial charge in [0, 0.05) is 16.7 Å². The van der Waals surface area contributed by atoms with Crippen molar-refractivity contribution in [2.24, 2.45) is 0 Å². The second-order valence-corrected chi connectivity index (χ2v) is 16.7. The third-order valence-electron chi connectivity index (χ3n) is 10.4. The summed E-state index contributed by atoms with van der Waals surface area (Å²) < 4.78 is 18.9. The highest BCUT2D eigenvalue weighted by atomic mass is 16.7. The first-order valence-corrected chi connectivity index (χ1v) is 17.7. The number of benzene rings is 4. The zero-order valence-corrected chi connectivity index (χ0v) is 31.9. The van der Waals surface area contributed by atoms with Gasteiger partial charge in [-0.05, 0) is 102 Å². The van der Waals surface area contributed by atoms with Gasteiger partial charge in [0.1, 0.15) is 5.75 Å². The maximum Gasteiger partial charge on any atom is 0.494 e. The number of nitriles is 1. The van der Waals surface area contributed by atoms with Crippen molar-refractivity contribution >= 4 is 12.6 Å². The summed E-state index contributed by atoms with van der Waals surface area (Å²) in [6.07, 6.45) is 0. The van der Waals surface area contributed by atoms with Gasteiger partial charge in [0.05, 0.1) is 41.3 Å². The van der Waals surface area contributed by atoms with Gasteiger partial charge >= 0.3 is 7.12 Å². The molecule has 1 aliphatic rings.